The normalized spacial score (nSPS) is 40.9. The van der Waals surface area contributed by atoms with Crippen molar-refractivity contribution >= 4 is 5.88 Å². The molecule has 1 aromatic rings. The first kappa shape index (κ1) is 10.5. The van der Waals surface area contributed by atoms with Crippen LogP contribution < -0.4 is 5.73 Å². The standard InChI is InChI=1S/C15H18N2O/c16-6-12-13(7-18-15(12)17)14-10-2-8-1-9(4-10)5-11(14)3-8/h7-11,14H,1-5,17H2. The van der Waals surface area contributed by atoms with Crippen LogP contribution in [0.15, 0.2) is 10.7 Å². The van der Waals surface area contributed by atoms with Gasteiger partial charge >= 0.3 is 0 Å². The van der Waals surface area contributed by atoms with Crippen LogP contribution in [0, 0.1) is 35.0 Å². The molecule has 1 aromatic heterocycles. The Balaban J connectivity index is 1.75. The Morgan fingerprint density at radius 3 is 2.28 bits per heavy atom. The highest BCUT2D eigenvalue weighted by Gasteiger charge is 2.49. The summed E-state index contributed by atoms with van der Waals surface area (Å²) in [5, 5.41) is 9.25. The van der Waals surface area contributed by atoms with Crippen LogP contribution in [-0.2, 0) is 0 Å². The van der Waals surface area contributed by atoms with Crippen molar-refractivity contribution in [3.8, 4) is 6.07 Å². The van der Waals surface area contributed by atoms with Gasteiger partial charge in [-0.3, -0.25) is 0 Å². The summed E-state index contributed by atoms with van der Waals surface area (Å²) in [6, 6.07) is 2.23. The molecule has 4 aliphatic rings. The first-order chi connectivity index (χ1) is 8.76. The molecule has 0 radical (unpaired) electrons. The van der Waals surface area contributed by atoms with E-state index in [1.165, 1.54) is 32.1 Å². The highest BCUT2D eigenvalue weighted by molar-refractivity contribution is 5.53. The minimum absolute atomic E-state index is 0.307. The van der Waals surface area contributed by atoms with Gasteiger partial charge in [-0.2, -0.15) is 5.26 Å². The second-order valence-corrected chi connectivity index (χ2v) is 6.50. The SMILES string of the molecule is N#Cc1c(C2C3CC4CC(C3)CC2C4)coc1N. The number of nitrogens with zero attached hydrogens (tertiary/aromatic N) is 1. The Hall–Kier alpha value is -1.43. The lowest BCUT2D eigenvalue weighted by Gasteiger charge is -2.54. The number of anilines is 1. The van der Waals surface area contributed by atoms with E-state index in [1.807, 2.05) is 0 Å². The van der Waals surface area contributed by atoms with Crippen LogP contribution in [0.5, 0.6) is 0 Å². The Bertz CT molecular complexity index is 497. The third-order valence-electron chi connectivity index (χ3n) is 5.55. The number of nitrogens with two attached hydrogens (primary N) is 1. The van der Waals surface area contributed by atoms with Crippen molar-refractivity contribution in [1.29, 1.82) is 5.26 Å². The smallest absolute Gasteiger partial charge is 0.208 e. The molecule has 5 rings (SSSR count). The molecule has 0 spiro atoms. The fraction of sp³-hybridized carbons (Fsp3) is 0.667. The van der Waals surface area contributed by atoms with Gasteiger partial charge < -0.3 is 10.2 Å². The van der Waals surface area contributed by atoms with Gasteiger partial charge in [0.15, 0.2) is 0 Å². The van der Waals surface area contributed by atoms with Crippen molar-refractivity contribution in [2.24, 2.45) is 23.7 Å². The van der Waals surface area contributed by atoms with Gasteiger partial charge in [0.1, 0.15) is 11.6 Å². The Kier molecular flexibility index (Phi) is 2.06. The molecule has 94 valence electrons. The summed E-state index contributed by atoms with van der Waals surface area (Å²) in [7, 11) is 0. The summed E-state index contributed by atoms with van der Waals surface area (Å²) in [4.78, 5) is 0. The molecule has 4 fully saturated rings. The molecule has 0 unspecified atom stereocenters. The van der Waals surface area contributed by atoms with Gasteiger partial charge in [-0.25, -0.2) is 0 Å². The van der Waals surface area contributed by atoms with Crippen molar-refractivity contribution in [2.75, 3.05) is 5.73 Å². The molecular weight excluding hydrogens is 224 g/mol. The minimum atomic E-state index is 0.307. The van der Waals surface area contributed by atoms with Crippen molar-refractivity contribution in [1.82, 2.24) is 0 Å². The van der Waals surface area contributed by atoms with Gasteiger partial charge in [-0.1, -0.05) is 0 Å². The second kappa shape index (κ2) is 3.54. The first-order valence-electron chi connectivity index (χ1n) is 7.03. The van der Waals surface area contributed by atoms with E-state index in [1.54, 1.807) is 6.26 Å². The summed E-state index contributed by atoms with van der Waals surface area (Å²) in [5.74, 6) is 4.29. The third kappa shape index (κ3) is 1.29. The molecule has 18 heavy (non-hydrogen) atoms. The first-order valence-corrected chi connectivity index (χ1v) is 7.03. The number of hydrogen-bond donors (Lipinski definition) is 1. The average Bonchev–Trinajstić information content (AvgIpc) is 2.69. The molecule has 4 bridgehead atoms. The summed E-state index contributed by atoms with van der Waals surface area (Å²) >= 11 is 0. The van der Waals surface area contributed by atoms with Gasteiger partial charge in [0, 0.05) is 5.56 Å². The van der Waals surface area contributed by atoms with Crippen LogP contribution >= 0.6 is 0 Å². The zero-order valence-corrected chi connectivity index (χ0v) is 10.4. The maximum atomic E-state index is 9.25. The summed E-state index contributed by atoms with van der Waals surface area (Å²) in [6.45, 7) is 0. The van der Waals surface area contributed by atoms with E-state index in [0.717, 1.165) is 29.2 Å². The van der Waals surface area contributed by atoms with E-state index < -0.39 is 0 Å². The summed E-state index contributed by atoms with van der Waals surface area (Å²) in [5.41, 5.74) is 7.46. The molecular formula is C15H18N2O. The molecule has 3 nitrogen and oxygen atoms in total. The Morgan fingerprint density at radius 1 is 1.11 bits per heavy atom. The molecule has 0 atom stereocenters. The van der Waals surface area contributed by atoms with Crippen LogP contribution in [0.25, 0.3) is 0 Å². The fourth-order valence-corrected chi connectivity index (χ4v) is 5.18. The average molecular weight is 242 g/mol. The lowest BCUT2D eigenvalue weighted by molar-refractivity contribution is -0.00303. The molecule has 0 aromatic carbocycles. The molecule has 4 aliphatic carbocycles. The highest BCUT2D eigenvalue weighted by Crippen LogP contribution is 2.60. The van der Waals surface area contributed by atoms with Crippen molar-refractivity contribution in [3.05, 3.63) is 17.4 Å². The number of rotatable bonds is 1. The number of nitrogen functional groups attached to an aromatic ring is 1. The van der Waals surface area contributed by atoms with Crippen molar-refractivity contribution < 1.29 is 4.42 Å². The predicted octanol–water partition coefficient (Wildman–Crippen LogP) is 3.27. The lowest BCUT2D eigenvalue weighted by Crippen LogP contribution is -2.43. The van der Waals surface area contributed by atoms with E-state index in [-0.39, 0.29) is 0 Å². The van der Waals surface area contributed by atoms with E-state index in [0.29, 0.717) is 17.4 Å². The fourth-order valence-electron chi connectivity index (χ4n) is 5.18. The molecule has 0 saturated heterocycles. The predicted molar refractivity (Wildman–Crippen MR) is 67.6 cm³/mol. The molecule has 3 heteroatoms. The van der Waals surface area contributed by atoms with Gasteiger partial charge in [0.2, 0.25) is 5.88 Å². The van der Waals surface area contributed by atoms with E-state index in [2.05, 4.69) is 6.07 Å². The highest BCUT2D eigenvalue weighted by atomic mass is 16.3. The lowest BCUT2D eigenvalue weighted by atomic mass is 9.50. The topological polar surface area (TPSA) is 63.0 Å². The minimum Gasteiger partial charge on any atom is -0.447 e. The molecule has 4 saturated carbocycles. The number of furan rings is 1. The van der Waals surface area contributed by atoms with Crippen LogP contribution in [0.3, 0.4) is 0 Å². The van der Waals surface area contributed by atoms with Gasteiger partial charge in [0.05, 0.1) is 6.26 Å². The van der Waals surface area contributed by atoms with Crippen LogP contribution in [-0.4, -0.2) is 0 Å². The van der Waals surface area contributed by atoms with Gasteiger partial charge in [-0.15, -0.1) is 0 Å². The van der Waals surface area contributed by atoms with Crippen LogP contribution in [0.1, 0.15) is 49.1 Å². The zero-order valence-electron chi connectivity index (χ0n) is 10.4. The maximum absolute atomic E-state index is 9.25. The summed E-state index contributed by atoms with van der Waals surface area (Å²) in [6.07, 6.45) is 8.63. The second-order valence-electron chi connectivity index (χ2n) is 6.50. The van der Waals surface area contributed by atoms with Crippen molar-refractivity contribution in [2.45, 2.75) is 38.0 Å². The number of hydrogen-bond acceptors (Lipinski definition) is 3. The van der Waals surface area contributed by atoms with E-state index in [4.69, 9.17) is 10.2 Å². The molecule has 0 amide bonds. The Labute approximate surface area is 107 Å². The largest absolute Gasteiger partial charge is 0.447 e. The van der Waals surface area contributed by atoms with Gasteiger partial charge in [0.25, 0.3) is 0 Å². The maximum Gasteiger partial charge on any atom is 0.208 e. The van der Waals surface area contributed by atoms with Gasteiger partial charge in [-0.05, 0) is 61.7 Å². The molecule has 2 N–H and O–H groups in total. The summed E-state index contributed by atoms with van der Waals surface area (Å²) < 4.78 is 5.30. The van der Waals surface area contributed by atoms with Crippen LogP contribution in [0.4, 0.5) is 5.88 Å². The van der Waals surface area contributed by atoms with Crippen molar-refractivity contribution in [3.63, 3.8) is 0 Å². The van der Waals surface area contributed by atoms with E-state index in [9.17, 15) is 5.26 Å². The van der Waals surface area contributed by atoms with Crippen LogP contribution in [0.2, 0.25) is 0 Å². The third-order valence-corrected chi connectivity index (χ3v) is 5.55. The zero-order chi connectivity index (χ0) is 12.3. The van der Waals surface area contributed by atoms with E-state index >= 15 is 0 Å². The Morgan fingerprint density at radius 2 is 1.72 bits per heavy atom. The number of nitriles is 1. The quantitative estimate of drug-likeness (QED) is 0.822. The molecule has 1 heterocycles. The monoisotopic (exact) mass is 242 g/mol. The molecule has 0 aliphatic heterocycles.